The van der Waals surface area contributed by atoms with Crippen molar-refractivity contribution in [2.45, 2.75) is 31.2 Å². The summed E-state index contributed by atoms with van der Waals surface area (Å²) in [6.07, 6.45) is -3.20. The van der Waals surface area contributed by atoms with E-state index in [9.17, 15) is 18.3 Å². The average molecular weight is 287 g/mol. The summed E-state index contributed by atoms with van der Waals surface area (Å²) < 4.78 is 38.4. The van der Waals surface area contributed by atoms with Crippen LogP contribution in [0.1, 0.15) is 24.5 Å². The first-order valence-electron chi connectivity index (χ1n) is 6.56. The van der Waals surface area contributed by atoms with Gasteiger partial charge in [0.2, 0.25) is 0 Å². The van der Waals surface area contributed by atoms with Crippen molar-refractivity contribution in [3.05, 3.63) is 23.4 Å². The predicted molar refractivity (Wildman–Crippen MR) is 67.4 cm³/mol. The van der Waals surface area contributed by atoms with Crippen LogP contribution in [0.5, 0.6) is 0 Å². The molecule has 0 spiro atoms. The molecule has 110 valence electrons. The van der Waals surface area contributed by atoms with Crippen molar-refractivity contribution in [2.75, 3.05) is 24.5 Å². The van der Waals surface area contributed by atoms with Gasteiger partial charge in [0.1, 0.15) is 5.82 Å². The molecule has 1 aromatic heterocycles. The molecule has 2 N–H and O–H groups in total. The lowest BCUT2D eigenvalue weighted by molar-refractivity contribution is -0.138. The van der Waals surface area contributed by atoms with E-state index >= 15 is 0 Å². The first-order chi connectivity index (χ1) is 9.29. The monoisotopic (exact) mass is 287 g/mol. The lowest BCUT2D eigenvalue weighted by atomic mass is 9.83. The molecule has 0 radical (unpaired) electrons. The molecule has 20 heavy (non-hydrogen) atoms. The topological polar surface area (TPSA) is 48.4 Å². The molecule has 0 bridgehead atoms. The van der Waals surface area contributed by atoms with Gasteiger partial charge in [0.15, 0.2) is 0 Å². The Morgan fingerprint density at radius 1 is 1.50 bits per heavy atom. The number of hydrogen-bond donors (Lipinski definition) is 2. The first-order valence-corrected chi connectivity index (χ1v) is 6.56. The maximum Gasteiger partial charge on any atom is 0.417 e. The van der Waals surface area contributed by atoms with Gasteiger partial charge in [0.25, 0.3) is 0 Å². The summed E-state index contributed by atoms with van der Waals surface area (Å²) in [6.45, 7) is 3.71. The number of fused-ring (bicyclic) bond motifs is 3. The lowest BCUT2D eigenvalue weighted by Crippen LogP contribution is -2.57. The lowest BCUT2D eigenvalue weighted by Gasteiger charge is -2.46. The SMILES string of the molecule is CC1(O)CC2CNCCN2c2ncc(C(F)(F)F)cc21. The normalized spacial score (nSPS) is 29.9. The number of nitrogens with zero attached hydrogens (tertiary/aromatic N) is 2. The molecule has 0 aliphatic carbocycles. The van der Waals surface area contributed by atoms with Crippen LogP contribution in [-0.2, 0) is 11.8 Å². The number of alkyl halides is 3. The highest BCUT2D eigenvalue weighted by molar-refractivity contribution is 5.55. The molecule has 2 atom stereocenters. The molecule has 3 heterocycles. The van der Waals surface area contributed by atoms with Gasteiger partial charge in [-0.25, -0.2) is 4.98 Å². The van der Waals surface area contributed by atoms with Gasteiger partial charge in [-0.3, -0.25) is 0 Å². The quantitative estimate of drug-likeness (QED) is 0.759. The van der Waals surface area contributed by atoms with Gasteiger partial charge in [-0.2, -0.15) is 13.2 Å². The molecule has 3 rings (SSSR count). The Morgan fingerprint density at radius 2 is 2.25 bits per heavy atom. The fourth-order valence-electron chi connectivity index (χ4n) is 3.03. The van der Waals surface area contributed by atoms with Crippen LogP contribution in [0.25, 0.3) is 0 Å². The first kappa shape index (κ1) is 13.6. The van der Waals surface area contributed by atoms with E-state index in [1.54, 1.807) is 6.92 Å². The van der Waals surface area contributed by atoms with Crippen molar-refractivity contribution < 1.29 is 18.3 Å². The van der Waals surface area contributed by atoms with E-state index < -0.39 is 17.3 Å². The summed E-state index contributed by atoms with van der Waals surface area (Å²) in [7, 11) is 0. The molecular formula is C13H16F3N3O. The minimum absolute atomic E-state index is 0.0653. The maximum absolute atomic E-state index is 12.8. The highest BCUT2D eigenvalue weighted by Crippen LogP contribution is 2.42. The number of halogens is 3. The Bertz CT molecular complexity index is 530. The molecule has 4 nitrogen and oxygen atoms in total. The number of hydrogen-bond acceptors (Lipinski definition) is 4. The van der Waals surface area contributed by atoms with E-state index in [1.807, 2.05) is 4.90 Å². The van der Waals surface area contributed by atoms with Crippen LogP contribution in [0.15, 0.2) is 12.3 Å². The summed E-state index contributed by atoms with van der Waals surface area (Å²) in [5.74, 6) is 0.473. The molecule has 0 amide bonds. The van der Waals surface area contributed by atoms with E-state index in [2.05, 4.69) is 10.3 Å². The zero-order valence-electron chi connectivity index (χ0n) is 11.0. The van der Waals surface area contributed by atoms with Crippen LogP contribution in [0.2, 0.25) is 0 Å². The maximum atomic E-state index is 12.8. The molecule has 2 unspecified atom stereocenters. The average Bonchev–Trinajstić information content (AvgIpc) is 2.37. The molecule has 1 aromatic rings. The van der Waals surface area contributed by atoms with Gasteiger partial charge in [-0.1, -0.05) is 0 Å². The number of anilines is 1. The van der Waals surface area contributed by atoms with Gasteiger partial charge in [0.05, 0.1) is 11.2 Å². The molecule has 1 saturated heterocycles. The van der Waals surface area contributed by atoms with Gasteiger partial charge in [-0.15, -0.1) is 0 Å². The fourth-order valence-corrected chi connectivity index (χ4v) is 3.03. The molecule has 2 aliphatic heterocycles. The number of aliphatic hydroxyl groups is 1. The van der Waals surface area contributed by atoms with Gasteiger partial charge < -0.3 is 15.3 Å². The third-order valence-corrected chi connectivity index (χ3v) is 4.03. The summed E-state index contributed by atoms with van der Waals surface area (Å²) >= 11 is 0. The van der Waals surface area contributed by atoms with Gasteiger partial charge in [-0.05, 0) is 13.0 Å². The minimum Gasteiger partial charge on any atom is -0.385 e. The number of rotatable bonds is 0. The number of aromatic nitrogens is 1. The van der Waals surface area contributed by atoms with Gasteiger partial charge in [0, 0.05) is 43.9 Å². The molecule has 0 aromatic carbocycles. The third-order valence-electron chi connectivity index (χ3n) is 4.03. The highest BCUT2D eigenvalue weighted by atomic mass is 19.4. The summed E-state index contributed by atoms with van der Waals surface area (Å²) in [4.78, 5) is 5.97. The van der Waals surface area contributed by atoms with Crippen LogP contribution in [-0.4, -0.2) is 35.8 Å². The Balaban J connectivity index is 2.09. The van der Waals surface area contributed by atoms with Crippen molar-refractivity contribution in [2.24, 2.45) is 0 Å². The van der Waals surface area contributed by atoms with Crippen molar-refractivity contribution in [3.8, 4) is 0 Å². The van der Waals surface area contributed by atoms with Crippen LogP contribution >= 0.6 is 0 Å². The Hall–Kier alpha value is -1.34. The largest absolute Gasteiger partial charge is 0.417 e. The van der Waals surface area contributed by atoms with Crippen molar-refractivity contribution in [3.63, 3.8) is 0 Å². The van der Waals surface area contributed by atoms with Crippen LogP contribution in [0, 0.1) is 0 Å². The standard InChI is InChI=1S/C13H16F3N3O/c1-12(20)5-9-7-17-2-3-19(9)11-10(12)4-8(6-18-11)13(14,15)16/h4,6,9,17,20H,2-3,5,7H2,1H3. The zero-order valence-corrected chi connectivity index (χ0v) is 11.0. The van der Waals surface area contributed by atoms with Crippen LogP contribution < -0.4 is 10.2 Å². The fraction of sp³-hybridized carbons (Fsp3) is 0.615. The van der Waals surface area contributed by atoms with Crippen molar-refractivity contribution in [1.82, 2.24) is 10.3 Å². The number of nitrogens with one attached hydrogen (secondary N) is 1. The van der Waals surface area contributed by atoms with Crippen molar-refractivity contribution >= 4 is 5.82 Å². The Labute approximate surface area is 114 Å². The second-order valence-electron chi connectivity index (χ2n) is 5.62. The predicted octanol–water partition coefficient (Wildman–Crippen LogP) is 1.49. The summed E-state index contributed by atoms with van der Waals surface area (Å²) in [5.41, 5.74) is -1.83. The van der Waals surface area contributed by atoms with E-state index in [0.717, 1.165) is 18.8 Å². The molecule has 0 saturated carbocycles. The smallest absolute Gasteiger partial charge is 0.385 e. The summed E-state index contributed by atoms with van der Waals surface area (Å²) in [6, 6.07) is 1.09. The van der Waals surface area contributed by atoms with E-state index in [1.165, 1.54) is 0 Å². The van der Waals surface area contributed by atoms with Crippen LogP contribution in [0.4, 0.5) is 19.0 Å². The molecule has 2 aliphatic rings. The molecule has 1 fully saturated rings. The zero-order chi connectivity index (χ0) is 14.5. The molecule has 7 heteroatoms. The van der Waals surface area contributed by atoms with E-state index in [4.69, 9.17) is 0 Å². The Morgan fingerprint density at radius 3 is 2.95 bits per heavy atom. The minimum atomic E-state index is -4.45. The number of piperazine rings is 1. The highest BCUT2D eigenvalue weighted by Gasteiger charge is 2.43. The van der Waals surface area contributed by atoms with Gasteiger partial charge >= 0.3 is 6.18 Å². The summed E-state index contributed by atoms with van der Waals surface area (Å²) in [5, 5.41) is 13.7. The van der Waals surface area contributed by atoms with Crippen LogP contribution in [0.3, 0.4) is 0 Å². The second-order valence-corrected chi connectivity index (χ2v) is 5.62. The molecular weight excluding hydrogens is 271 g/mol. The van der Waals surface area contributed by atoms with E-state index in [0.29, 0.717) is 25.3 Å². The van der Waals surface area contributed by atoms with E-state index in [-0.39, 0.29) is 11.6 Å². The Kier molecular flexibility index (Phi) is 2.95. The van der Waals surface area contributed by atoms with Crippen molar-refractivity contribution in [1.29, 1.82) is 0 Å². The number of pyridine rings is 1. The second kappa shape index (κ2) is 4.33. The third kappa shape index (κ3) is 2.14.